The molecule has 0 spiro atoms. The zero-order valence-electron chi connectivity index (χ0n) is 24.5. The first-order valence-corrected chi connectivity index (χ1v) is 13.8. The van der Waals surface area contributed by atoms with Gasteiger partial charge in [0.15, 0.2) is 0 Å². The Morgan fingerprint density at radius 1 is 1.08 bits per heavy atom. The van der Waals surface area contributed by atoms with E-state index >= 15 is 0 Å². The van der Waals surface area contributed by atoms with Crippen LogP contribution in [0.3, 0.4) is 0 Å². The van der Waals surface area contributed by atoms with Gasteiger partial charge in [0.1, 0.15) is 11.6 Å². The van der Waals surface area contributed by atoms with Crippen molar-refractivity contribution in [3.63, 3.8) is 0 Å². The molecule has 0 saturated carbocycles. The number of pyridine rings is 1. The second kappa shape index (κ2) is 18.2. The molecule has 6 nitrogen and oxygen atoms in total. The van der Waals surface area contributed by atoms with Gasteiger partial charge in [-0.1, -0.05) is 67.4 Å². The van der Waals surface area contributed by atoms with E-state index in [4.69, 9.17) is 11.6 Å². The minimum absolute atomic E-state index is 0.148. The molecule has 2 aromatic carbocycles. The van der Waals surface area contributed by atoms with E-state index in [1.54, 1.807) is 6.92 Å². The standard InChI is InChI=1S/C13H13NO.C10H21NO.C9H10ClNO/c1-9-3-4-11-8-14-13(6-10(2)15)7-12(11)5-9;1-5-9(11(3)4)7-8-10(12)6-2;1-7-3-2-4-8(9(7)10)5-11-6-12/h3-5,7-8H,6H2,1-2H3;9H,5-8H2,1-4H3;2-4,6H,5H2,1H3,(H,11,12). The fourth-order valence-corrected chi connectivity index (χ4v) is 4.18. The quantitative estimate of drug-likeness (QED) is 0.269. The highest BCUT2D eigenvalue weighted by atomic mass is 35.5. The maximum Gasteiger partial charge on any atom is 0.207 e. The number of carbonyl (C=O) groups excluding carboxylic acids is 3. The van der Waals surface area contributed by atoms with Gasteiger partial charge in [-0.3, -0.25) is 19.4 Å². The number of nitrogens with zero attached hydrogens (tertiary/aromatic N) is 2. The summed E-state index contributed by atoms with van der Waals surface area (Å²) < 4.78 is 0. The Morgan fingerprint density at radius 3 is 2.38 bits per heavy atom. The minimum atomic E-state index is 0.148. The van der Waals surface area contributed by atoms with Crippen molar-refractivity contribution in [3.05, 3.63) is 76.1 Å². The van der Waals surface area contributed by atoms with Gasteiger partial charge in [-0.15, -0.1) is 0 Å². The first kappa shape index (κ1) is 33.9. The number of aryl methyl sites for hydroxylation is 2. The van der Waals surface area contributed by atoms with E-state index in [0.717, 1.165) is 51.9 Å². The van der Waals surface area contributed by atoms with E-state index in [1.165, 1.54) is 5.56 Å². The van der Waals surface area contributed by atoms with Crippen LogP contribution in [-0.2, 0) is 27.3 Å². The molecule has 1 N–H and O–H groups in total. The van der Waals surface area contributed by atoms with Gasteiger partial charge in [0.05, 0.1) is 0 Å². The molecule has 0 fully saturated rings. The first-order valence-electron chi connectivity index (χ1n) is 13.5. The van der Waals surface area contributed by atoms with Crippen LogP contribution in [0.1, 0.15) is 68.8 Å². The number of hydrogen-bond donors (Lipinski definition) is 1. The van der Waals surface area contributed by atoms with E-state index < -0.39 is 0 Å². The third-order valence-corrected chi connectivity index (χ3v) is 6.90. The molecule has 3 rings (SSSR count). The molecule has 212 valence electrons. The van der Waals surface area contributed by atoms with E-state index in [1.807, 2.05) is 44.3 Å². The number of fused-ring (bicyclic) bond motifs is 1. The van der Waals surface area contributed by atoms with Gasteiger partial charge in [0.2, 0.25) is 6.41 Å². The number of hydrogen-bond acceptors (Lipinski definition) is 5. The number of nitrogens with one attached hydrogen (secondary N) is 1. The molecule has 1 heterocycles. The van der Waals surface area contributed by atoms with Crippen LogP contribution >= 0.6 is 11.6 Å². The highest BCUT2D eigenvalue weighted by Gasteiger charge is 2.10. The van der Waals surface area contributed by atoms with Crippen molar-refractivity contribution >= 4 is 40.3 Å². The Balaban J connectivity index is 0.000000296. The average Bonchev–Trinajstić information content (AvgIpc) is 2.89. The van der Waals surface area contributed by atoms with E-state index in [2.05, 4.69) is 61.3 Å². The Morgan fingerprint density at radius 2 is 1.79 bits per heavy atom. The van der Waals surface area contributed by atoms with Crippen LogP contribution in [-0.4, -0.2) is 48.0 Å². The second-order valence-electron chi connectivity index (χ2n) is 9.91. The van der Waals surface area contributed by atoms with Crippen LogP contribution in [0.15, 0.2) is 48.7 Å². The van der Waals surface area contributed by atoms with Crippen LogP contribution in [0.4, 0.5) is 0 Å². The van der Waals surface area contributed by atoms with Gasteiger partial charge in [0, 0.05) is 54.1 Å². The molecular weight excluding hydrogens is 510 g/mol. The normalized spacial score (nSPS) is 11.1. The summed E-state index contributed by atoms with van der Waals surface area (Å²) in [5.41, 5.74) is 4.05. The van der Waals surface area contributed by atoms with Gasteiger partial charge >= 0.3 is 0 Å². The Bertz CT molecular complexity index is 1210. The molecule has 1 unspecified atom stereocenters. The van der Waals surface area contributed by atoms with Crippen molar-refractivity contribution in [1.82, 2.24) is 15.2 Å². The fraction of sp³-hybridized carbons (Fsp3) is 0.438. The summed E-state index contributed by atoms with van der Waals surface area (Å²) >= 11 is 5.97. The van der Waals surface area contributed by atoms with Crippen LogP contribution in [0.25, 0.3) is 10.8 Å². The number of halogens is 1. The van der Waals surface area contributed by atoms with Crippen LogP contribution < -0.4 is 5.32 Å². The number of rotatable bonds is 11. The molecule has 1 amide bonds. The lowest BCUT2D eigenvalue weighted by Crippen LogP contribution is -2.27. The zero-order chi connectivity index (χ0) is 29.4. The monoisotopic (exact) mass is 553 g/mol. The fourth-order valence-electron chi connectivity index (χ4n) is 3.99. The van der Waals surface area contributed by atoms with Crippen LogP contribution in [0, 0.1) is 13.8 Å². The summed E-state index contributed by atoms with van der Waals surface area (Å²) in [6, 6.07) is 14.5. The van der Waals surface area contributed by atoms with E-state index in [0.29, 0.717) is 37.6 Å². The number of ketones is 2. The van der Waals surface area contributed by atoms with E-state index in [9.17, 15) is 14.4 Å². The summed E-state index contributed by atoms with van der Waals surface area (Å²) in [6.07, 6.45) is 6.48. The van der Waals surface area contributed by atoms with Crippen molar-refractivity contribution in [2.75, 3.05) is 14.1 Å². The summed E-state index contributed by atoms with van der Waals surface area (Å²) in [6.45, 7) is 10.2. The maximum atomic E-state index is 11.0. The molecule has 7 heteroatoms. The average molecular weight is 554 g/mol. The highest BCUT2D eigenvalue weighted by molar-refractivity contribution is 6.32. The highest BCUT2D eigenvalue weighted by Crippen LogP contribution is 2.19. The number of aromatic nitrogens is 1. The van der Waals surface area contributed by atoms with Gasteiger partial charge in [0.25, 0.3) is 0 Å². The zero-order valence-corrected chi connectivity index (χ0v) is 25.3. The van der Waals surface area contributed by atoms with Crippen molar-refractivity contribution in [3.8, 4) is 0 Å². The molecule has 0 bridgehead atoms. The third-order valence-electron chi connectivity index (χ3n) is 6.36. The predicted molar refractivity (Wildman–Crippen MR) is 162 cm³/mol. The minimum Gasteiger partial charge on any atom is -0.355 e. The molecule has 0 aliphatic rings. The Labute approximate surface area is 239 Å². The molecule has 0 saturated heterocycles. The number of amides is 1. The molecule has 1 atom stereocenters. The topological polar surface area (TPSA) is 79.4 Å². The lowest BCUT2D eigenvalue weighted by molar-refractivity contribution is -0.119. The summed E-state index contributed by atoms with van der Waals surface area (Å²) in [7, 11) is 4.15. The van der Waals surface area contributed by atoms with Gasteiger partial charge in [-0.05, 0) is 70.3 Å². The van der Waals surface area contributed by atoms with Crippen molar-refractivity contribution in [2.24, 2.45) is 0 Å². The molecule has 39 heavy (non-hydrogen) atoms. The van der Waals surface area contributed by atoms with E-state index in [-0.39, 0.29) is 5.78 Å². The van der Waals surface area contributed by atoms with Crippen LogP contribution in [0.2, 0.25) is 5.02 Å². The van der Waals surface area contributed by atoms with Crippen molar-refractivity contribution in [1.29, 1.82) is 0 Å². The largest absolute Gasteiger partial charge is 0.355 e. The number of carbonyl (C=O) groups is 3. The first-order chi connectivity index (χ1) is 18.5. The van der Waals surface area contributed by atoms with Crippen molar-refractivity contribution < 1.29 is 14.4 Å². The van der Waals surface area contributed by atoms with Gasteiger partial charge in [-0.25, -0.2) is 0 Å². The van der Waals surface area contributed by atoms with Crippen LogP contribution in [0.5, 0.6) is 0 Å². The lowest BCUT2D eigenvalue weighted by Gasteiger charge is -2.22. The number of benzene rings is 2. The molecular formula is C32H44ClN3O3. The molecule has 3 aromatic rings. The Kier molecular flexibility index (Phi) is 15.9. The Hall–Kier alpha value is -3.09. The lowest BCUT2D eigenvalue weighted by atomic mass is 10.0. The summed E-state index contributed by atoms with van der Waals surface area (Å²) in [4.78, 5) is 38.5. The molecule has 0 radical (unpaired) electrons. The van der Waals surface area contributed by atoms with Gasteiger partial charge in [-0.2, -0.15) is 0 Å². The molecule has 0 aliphatic carbocycles. The third kappa shape index (κ3) is 13.0. The summed E-state index contributed by atoms with van der Waals surface area (Å²) in [5, 5.41) is 5.57. The molecule has 1 aromatic heterocycles. The van der Waals surface area contributed by atoms with Gasteiger partial charge < -0.3 is 10.2 Å². The SMILES string of the molecule is CC(=O)Cc1cc2cc(C)ccc2cn1.CCC(=O)CCC(CC)N(C)C.Cc1cccc(CNC=O)c1Cl. The predicted octanol–water partition coefficient (Wildman–Crippen LogP) is 6.66. The maximum absolute atomic E-state index is 11.0. The van der Waals surface area contributed by atoms with Crippen molar-refractivity contribution in [2.45, 2.75) is 79.3 Å². The smallest absolute Gasteiger partial charge is 0.207 e. The second-order valence-corrected chi connectivity index (χ2v) is 10.3. The molecule has 0 aliphatic heterocycles. The number of Topliss-reactive ketones (excluding diaryl/α,β-unsaturated/α-hetero) is 2. The summed E-state index contributed by atoms with van der Waals surface area (Å²) in [5.74, 6) is 0.532.